The molecule has 4 N–H and O–H groups in total. The van der Waals surface area contributed by atoms with E-state index in [2.05, 4.69) is 4.98 Å². The summed E-state index contributed by atoms with van der Waals surface area (Å²) in [6.45, 7) is 1.59. The molecule has 0 saturated carbocycles. The van der Waals surface area contributed by atoms with E-state index in [1.54, 1.807) is 25.1 Å². The van der Waals surface area contributed by atoms with E-state index in [1.807, 2.05) is 0 Å². The van der Waals surface area contributed by atoms with Crippen molar-refractivity contribution in [1.82, 2.24) is 9.29 Å². The molecule has 7 heteroatoms. The summed E-state index contributed by atoms with van der Waals surface area (Å²) >= 11 is 0. The number of rotatable bonds is 4. The molecule has 104 valence electrons. The number of likely N-dealkylation sites (N-methyl/N-ethyl adjacent to an activating group) is 1. The number of fused-ring (bicyclic) bond motifs is 1. The van der Waals surface area contributed by atoms with Gasteiger partial charge < -0.3 is 15.8 Å². The average Bonchev–Trinajstić information content (AvgIpc) is 2.71. The molecule has 0 aliphatic carbocycles. The Labute approximate surface area is 111 Å². The molecule has 0 fully saturated rings. The molecule has 0 saturated heterocycles. The van der Waals surface area contributed by atoms with E-state index in [4.69, 9.17) is 5.73 Å². The van der Waals surface area contributed by atoms with Gasteiger partial charge in [0.15, 0.2) is 0 Å². The molecule has 1 heterocycles. The highest BCUT2D eigenvalue weighted by molar-refractivity contribution is 7.89. The Bertz CT molecular complexity index is 691. The Hall–Kier alpha value is -1.57. The molecule has 0 radical (unpaired) electrons. The highest BCUT2D eigenvalue weighted by atomic mass is 32.2. The number of nitrogens with one attached hydrogen (secondary N) is 1. The molecule has 1 aromatic heterocycles. The Kier molecular flexibility index (Phi) is 3.53. The van der Waals surface area contributed by atoms with Gasteiger partial charge in [-0.15, -0.1) is 0 Å². The average molecular weight is 283 g/mol. The lowest BCUT2D eigenvalue weighted by atomic mass is 10.2. The van der Waals surface area contributed by atoms with Gasteiger partial charge >= 0.3 is 0 Å². The van der Waals surface area contributed by atoms with Gasteiger partial charge in [0.2, 0.25) is 10.0 Å². The molecule has 0 aliphatic heterocycles. The maximum Gasteiger partial charge on any atom is 0.245 e. The Morgan fingerprint density at radius 1 is 1.47 bits per heavy atom. The lowest BCUT2D eigenvalue weighted by molar-refractivity contribution is 0.171. The monoisotopic (exact) mass is 283 g/mol. The lowest BCUT2D eigenvalue weighted by Crippen LogP contribution is -2.33. The number of anilines is 1. The molecule has 6 nitrogen and oxygen atoms in total. The van der Waals surface area contributed by atoms with Crippen molar-refractivity contribution < 1.29 is 13.5 Å². The van der Waals surface area contributed by atoms with E-state index in [0.717, 1.165) is 4.31 Å². The van der Waals surface area contributed by atoms with Gasteiger partial charge in [-0.05, 0) is 25.1 Å². The molecule has 0 bridgehead atoms. The Balaban J connectivity index is 2.49. The molecular formula is C12H17N3O3S. The minimum atomic E-state index is -3.63. The van der Waals surface area contributed by atoms with Gasteiger partial charge in [0, 0.05) is 36.4 Å². The molecule has 1 atom stereocenters. The summed E-state index contributed by atoms with van der Waals surface area (Å²) in [7, 11) is -2.19. The van der Waals surface area contributed by atoms with E-state index in [-0.39, 0.29) is 11.4 Å². The maximum absolute atomic E-state index is 12.4. The van der Waals surface area contributed by atoms with Crippen molar-refractivity contribution in [3.63, 3.8) is 0 Å². The number of hydrogen-bond donors (Lipinski definition) is 3. The smallest absolute Gasteiger partial charge is 0.245 e. The predicted molar refractivity (Wildman–Crippen MR) is 74.2 cm³/mol. The number of nitrogens with two attached hydrogens (primary N) is 1. The molecule has 19 heavy (non-hydrogen) atoms. The van der Waals surface area contributed by atoms with Crippen molar-refractivity contribution in [2.75, 3.05) is 19.3 Å². The summed E-state index contributed by atoms with van der Waals surface area (Å²) in [6, 6.07) is 5.01. The molecule has 2 aromatic rings. The van der Waals surface area contributed by atoms with E-state index in [1.165, 1.54) is 13.2 Å². The topological polar surface area (TPSA) is 99.4 Å². The number of nitrogen functional groups attached to an aromatic ring is 1. The fourth-order valence-electron chi connectivity index (χ4n) is 1.97. The SMILES string of the molecule is CC(O)CN(C)S(=O)(=O)c1c[nH]c2cc(N)ccc12. The number of hydrogen-bond acceptors (Lipinski definition) is 4. The molecular weight excluding hydrogens is 266 g/mol. The number of aliphatic hydroxyl groups is 1. The summed E-state index contributed by atoms with van der Waals surface area (Å²) in [5, 5.41) is 9.89. The van der Waals surface area contributed by atoms with Gasteiger partial charge in [0.25, 0.3) is 0 Å². The van der Waals surface area contributed by atoms with E-state index in [0.29, 0.717) is 16.6 Å². The summed E-state index contributed by atoms with van der Waals surface area (Å²) < 4.78 is 25.9. The van der Waals surface area contributed by atoms with Crippen LogP contribution in [0.25, 0.3) is 10.9 Å². The molecule has 1 unspecified atom stereocenters. The fraction of sp³-hybridized carbons (Fsp3) is 0.333. The fourth-order valence-corrected chi connectivity index (χ4v) is 3.38. The second-order valence-corrected chi connectivity index (χ2v) is 6.61. The van der Waals surface area contributed by atoms with E-state index >= 15 is 0 Å². The second-order valence-electron chi connectivity index (χ2n) is 4.59. The van der Waals surface area contributed by atoms with Crippen LogP contribution in [-0.2, 0) is 10.0 Å². The molecule has 0 spiro atoms. The second kappa shape index (κ2) is 4.84. The number of H-pyrrole nitrogens is 1. The largest absolute Gasteiger partial charge is 0.399 e. The number of sulfonamides is 1. The third-order valence-electron chi connectivity index (χ3n) is 2.88. The summed E-state index contributed by atoms with van der Waals surface area (Å²) in [4.78, 5) is 3.08. The molecule has 0 amide bonds. The summed E-state index contributed by atoms with van der Waals surface area (Å²) in [6.07, 6.45) is 0.721. The highest BCUT2D eigenvalue weighted by Crippen LogP contribution is 2.26. The summed E-state index contributed by atoms with van der Waals surface area (Å²) in [5.41, 5.74) is 6.89. The molecule has 2 rings (SSSR count). The van der Waals surface area contributed by atoms with Crippen LogP contribution in [0.3, 0.4) is 0 Å². The van der Waals surface area contributed by atoms with Crippen LogP contribution in [0.4, 0.5) is 5.69 Å². The van der Waals surface area contributed by atoms with Gasteiger partial charge in [0.05, 0.1) is 6.10 Å². The quantitative estimate of drug-likeness (QED) is 0.721. The zero-order chi connectivity index (χ0) is 14.2. The third-order valence-corrected chi connectivity index (χ3v) is 4.74. The van der Waals surface area contributed by atoms with Crippen molar-refractivity contribution >= 4 is 26.6 Å². The van der Waals surface area contributed by atoms with Gasteiger partial charge in [-0.3, -0.25) is 0 Å². The van der Waals surface area contributed by atoms with Crippen LogP contribution in [0.5, 0.6) is 0 Å². The first-order valence-electron chi connectivity index (χ1n) is 5.83. The van der Waals surface area contributed by atoms with Crippen molar-refractivity contribution in [3.05, 3.63) is 24.4 Å². The number of aromatic amines is 1. The van der Waals surface area contributed by atoms with Crippen LogP contribution < -0.4 is 5.73 Å². The van der Waals surface area contributed by atoms with Crippen LogP contribution in [0.1, 0.15) is 6.92 Å². The standard InChI is InChI=1S/C12H17N3O3S/c1-8(16)7-15(2)19(17,18)12-6-14-11-5-9(13)3-4-10(11)12/h3-6,8,14,16H,7,13H2,1-2H3. The minimum Gasteiger partial charge on any atom is -0.399 e. The van der Waals surface area contributed by atoms with Crippen LogP contribution in [0.2, 0.25) is 0 Å². The van der Waals surface area contributed by atoms with E-state index in [9.17, 15) is 13.5 Å². The Morgan fingerprint density at radius 2 is 2.16 bits per heavy atom. The van der Waals surface area contributed by atoms with Gasteiger partial charge in [-0.1, -0.05) is 0 Å². The third kappa shape index (κ3) is 2.58. The predicted octanol–water partition coefficient (Wildman–Crippen LogP) is 0.751. The van der Waals surface area contributed by atoms with Crippen molar-refractivity contribution in [2.24, 2.45) is 0 Å². The van der Waals surface area contributed by atoms with Gasteiger partial charge in [-0.25, -0.2) is 8.42 Å². The van der Waals surface area contributed by atoms with E-state index < -0.39 is 16.1 Å². The summed E-state index contributed by atoms with van der Waals surface area (Å²) in [5.74, 6) is 0. The first-order valence-corrected chi connectivity index (χ1v) is 7.27. The van der Waals surface area contributed by atoms with Gasteiger partial charge in [-0.2, -0.15) is 4.31 Å². The maximum atomic E-state index is 12.4. The number of nitrogens with zero attached hydrogens (tertiary/aromatic N) is 1. The normalized spacial score (nSPS) is 14.1. The number of aliphatic hydroxyl groups excluding tert-OH is 1. The lowest BCUT2D eigenvalue weighted by Gasteiger charge is -2.18. The van der Waals surface area contributed by atoms with Gasteiger partial charge in [0.1, 0.15) is 4.90 Å². The zero-order valence-electron chi connectivity index (χ0n) is 10.8. The highest BCUT2D eigenvalue weighted by Gasteiger charge is 2.25. The zero-order valence-corrected chi connectivity index (χ0v) is 11.6. The van der Waals surface area contributed by atoms with Crippen LogP contribution in [-0.4, -0.2) is 42.5 Å². The molecule has 1 aromatic carbocycles. The van der Waals surface area contributed by atoms with Crippen LogP contribution in [0, 0.1) is 0 Å². The van der Waals surface area contributed by atoms with Crippen molar-refractivity contribution in [3.8, 4) is 0 Å². The van der Waals surface area contributed by atoms with Crippen LogP contribution in [0.15, 0.2) is 29.3 Å². The van der Waals surface area contributed by atoms with Crippen molar-refractivity contribution in [2.45, 2.75) is 17.9 Å². The molecule has 0 aliphatic rings. The first kappa shape index (κ1) is 13.9. The minimum absolute atomic E-state index is 0.0456. The number of benzene rings is 1. The Morgan fingerprint density at radius 3 is 2.79 bits per heavy atom. The van der Waals surface area contributed by atoms with Crippen LogP contribution >= 0.6 is 0 Å². The first-order chi connectivity index (χ1) is 8.82. The van der Waals surface area contributed by atoms with Crippen molar-refractivity contribution in [1.29, 1.82) is 0 Å². The number of aromatic nitrogens is 1.